The van der Waals surface area contributed by atoms with Crippen LogP contribution in [0.2, 0.25) is 0 Å². The van der Waals surface area contributed by atoms with Crippen molar-refractivity contribution in [2.45, 2.75) is 38.1 Å². The summed E-state index contributed by atoms with van der Waals surface area (Å²) in [6.07, 6.45) is 7.17. The van der Waals surface area contributed by atoms with Gasteiger partial charge < -0.3 is 4.57 Å². The van der Waals surface area contributed by atoms with Crippen molar-refractivity contribution in [3.8, 4) is 17.2 Å². The van der Waals surface area contributed by atoms with Crippen LogP contribution in [-0.2, 0) is 0 Å². The Labute approximate surface area is 152 Å². The molecule has 0 unspecified atom stereocenters. The summed E-state index contributed by atoms with van der Waals surface area (Å²) in [6, 6.07) is 14.7. The van der Waals surface area contributed by atoms with Crippen molar-refractivity contribution in [1.82, 2.24) is 9.55 Å². The molecule has 4 heteroatoms. The van der Waals surface area contributed by atoms with Gasteiger partial charge in [-0.15, -0.1) is 0 Å². The minimum absolute atomic E-state index is 0.172. The highest BCUT2D eigenvalue weighted by Gasteiger charge is 2.25. The molecular formula is C22H20FN3. The molecule has 130 valence electrons. The van der Waals surface area contributed by atoms with E-state index >= 15 is 0 Å². The number of halogens is 1. The molecule has 3 aromatic rings. The van der Waals surface area contributed by atoms with Crippen molar-refractivity contribution in [1.29, 1.82) is 5.26 Å². The van der Waals surface area contributed by atoms with Crippen LogP contribution in [0.15, 0.2) is 55.0 Å². The van der Waals surface area contributed by atoms with Gasteiger partial charge in [0, 0.05) is 11.9 Å². The number of aromatic nitrogens is 2. The van der Waals surface area contributed by atoms with Gasteiger partial charge in [-0.1, -0.05) is 31.5 Å². The molecule has 0 radical (unpaired) electrons. The zero-order valence-electron chi connectivity index (χ0n) is 14.7. The fourth-order valence-electron chi connectivity index (χ4n) is 3.96. The predicted molar refractivity (Wildman–Crippen MR) is 99.2 cm³/mol. The summed E-state index contributed by atoms with van der Waals surface area (Å²) < 4.78 is 15.7. The standard InChI is InChI=1S/C22H20FN3/c1-15-3-2-4-21(26-14-25-13-22(15)26)19-10-5-16(12-24)11-20(19)17-6-8-18(23)9-7-17/h5-11,13-15,21H,2-4H2,1H3/t15-,21+/m0/s1. The van der Waals surface area contributed by atoms with E-state index in [9.17, 15) is 9.65 Å². The molecule has 1 aliphatic rings. The molecule has 0 fully saturated rings. The van der Waals surface area contributed by atoms with Gasteiger partial charge >= 0.3 is 0 Å². The zero-order chi connectivity index (χ0) is 18.1. The largest absolute Gasteiger partial charge is 0.327 e. The van der Waals surface area contributed by atoms with Gasteiger partial charge in [-0.25, -0.2) is 9.37 Å². The molecule has 1 aromatic heterocycles. The summed E-state index contributed by atoms with van der Waals surface area (Å²) in [5.41, 5.74) is 4.94. The quantitative estimate of drug-likeness (QED) is 0.621. The van der Waals surface area contributed by atoms with E-state index in [1.807, 2.05) is 30.7 Å². The average molecular weight is 345 g/mol. The first kappa shape index (κ1) is 16.5. The molecule has 0 spiro atoms. The van der Waals surface area contributed by atoms with E-state index in [2.05, 4.69) is 22.5 Å². The zero-order valence-corrected chi connectivity index (χ0v) is 14.7. The van der Waals surface area contributed by atoms with Crippen LogP contribution < -0.4 is 0 Å². The summed E-state index contributed by atoms with van der Waals surface area (Å²) in [5, 5.41) is 9.33. The fraction of sp³-hybridized carbons (Fsp3) is 0.273. The van der Waals surface area contributed by atoms with Crippen molar-refractivity contribution in [3.05, 3.63) is 77.6 Å². The summed E-state index contributed by atoms with van der Waals surface area (Å²) in [7, 11) is 0. The maximum atomic E-state index is 13.4. The molecular weight excluding hydrogens is 325 g/mol. The Morgan fingerprint density at radius 2 is 1.96 bits per heavy atom. The Morgan fingerprint density at radius 3 is 2.73 bits per heavy atom. The lowest BCUT2D eigenvalue weighted by atomic mass is 9.91. The lowest BCUT2D eigenvalue weighted by molar-refractivity contribution is 0.536. The number of fused-ring (bicyclic) bond motifs is 1. The Bertz CT molecular complexity index is 966. The molecule has 0 saturated carbocycles. The number of hydrogen-bond acceptors (Lipinski definition) is 2. The van der Waals surface area contributed by atoms with Gasteiger partial charge in [0.2, 0.25) is 0 Å². The van der Waals surface area contributed by atoms with Gasteiger partial charge in [0.25, 0.3) is 0 Å². The smallest absolute Gasteiger partial charge is 0.123 e. The summed E-state index contributed by atoms with van der Waals surface area (Å²) in [6.45, 7) is 2.25. The molecule has 1 aliphatic heterocycles. The number of rotatable bonds is 2. The van der Waals surface area contributed by atoms with Crippen LogP contribution >= 0.6 is 0 Å². The van der Waals surface area contributed by atoms with Crippen LogP contribution in [0.25, 0.3) is 11.1 Å². The van der Waals surface area contributed by atoms with Gasteiger partial charge in [-0.3, -0.25) is 0 Å². The first-order valence-electron chi connectivity index (χ1n) is 8.99. The summed E-state index contributed by atoms with van der Waals surface area (Å²) >= 11 is 0. The molecule has 26 heavy (non-hydrogen) atoms. The average Bonchev–Trinajstić information content (AvgIpc) is 3.09. The molecule has 0 saturated heterocycles. The van der Waals surface area contributed by atoms with E-state index in [0.717, 1.165) is 36.0 Å². The van der Waals surface area contributed by atoms with E-state index < -0.39 is 0 Å². The van der Waals surface area contributed by atoms with E-state index in [-0.39, 0.29) is 11.9 Å². The van der Waals surface area contributed by atoms with E-state index in [1.54, 1.807) is 12.1 Å². The van der Waals surface area contributed by atoms with Crippen LogP contribution in [0.4, 0.5) is 4.39 Å². The van der Waals surface area contributed by atoms with Crippen LogP contribution in [0.5, 0.6) is 0 Å². The molecule has 2 heterocycles. The van der Waals surface area contributed by atoms with Crippen molar-refractivity contribution in [2.75, 3.05) is 0 Å². The monoisotopic (exact) mass is 345 g/mol. The summed E-state index contributed by atoms with van der Waals surface area (Å²) in [4.78, 5) is 4.38. The number of hydrogen-bond donors (Lipinski definition) is 0. The highest BCUT2D eigenvalue weighted by atomic mass is 19.1. The van der Waals surface area contributed by atoms with Gasteiger partial charge in [0.15, 0.2) is 0 Å². The maximum absolute atomic E-state index is 13.4. The Morgan fingerprint density at radius 1 is 1.15 bits per heavy atom. The van der Waals surface area contributed by atoms with E-state index in [4.69, 9.17) is 0 Å². The number of imidazole rings is 1. The van der Waals surface area contributed by atoms with Gasteiger partial charge in [-0.05, 0) is 59.7 Å². The molecule has 2 aromatic carbocycles. The molecule has 0 aliphatic carbocycles. The highest BCUT2D eigenvalue weighted by Crippen LogP contribution is 2.39. The van der Waals surface area contributed by atoms with Crippen LogP contribution in [-0.4, -0.2) is 9.55 Å². The molecule has 4 rings (SSSR count). The summed E-state index contributed by atoms with van der Waals surface area (Å²) in [5.74, 6) is 0.224. The van der Waals surface area contributed by atoms with Crippen LogP contribution in [0.3, 0.4) is 0 Å². The number of nitriles is 1. The second-order valence-corrected chi connectivity index (χ2v) is 6.99. The maximum Gasteiger partial charge on any atom is 0.123 e. The third kappa shape index (κ3) is 2.90. The minimum atomic E-state index is -0.257. The lowest BCUT2D eigenvalue weighted by Gasteiger charge is -2.23. The van der Waals surface area contributed by atoms with Gasteiger partial charge in [-0.2, -0.15) is 5.26 Å². The SMILES string of the molecule is C[C@H]1CCC[C@H](c2ccc(C#N)cc2-c2ccc(F)cc2)n2cncc21. The lowest BCUT2D eigenvalue weighted by Crippen LogP contribution is -2.12. The first-order valence-corrected chi connectivity index (χ1v) is 8.99. The van der Waals surface area contributed by atoms with Gasteiger partial charge in [0.1, 0.15) is 5.82 Å². The Kier molecular flexibility index (Phi) is 4.30. The third-order valence-electron chi connectivity index (χ3n) is 5.35. The predicted octanol–water partition coefficient (Wildman–Crippen LogP) is 5.44. The Hall–Kier alpha value is -2.93. The third-order valence-corrected chi connectivity index (χ3v) is 5.35. The van der Waals surface area contributed by atoms with Crippen molar-refractivity contribution in [2.24, 2.45) is 0 Å². The minimum Gasteiger partial charge on any atom is -0.327 e. The molecule has 0 bridgehead atoms. The van der Waals surface area contributed by atoms with Crippen molar-refractivity contribution < 1.29 is 4.39 Å². The molecule has 3 nitrogen and oxygen atoms in total. The molecule has 0 N–H and O–H groups in total. The molecule has 0 amide bonds. The molecule has 2 atom stereocenters. The van der Waals surface area contributed by atoms with E-state index in [1.165, 1.54) is 17.8 Å². The fourth-order valence-corrected chi connectivity index (χ4v) is 3.96. The second kappa shape index (κ2) is 6.76. The van der Waals surface area contributed by atoms with Crippen LogP contribution in [0.1, 0.15) is 55.0 Å². The normalized spacial score (nSPS) is 19.4. The highest BCUT2D eigenvalue weighted by molar-refractivity contribution is 5.70. The second-order valence-electron chi connectivity index (χ2n) is 6.99. The van der Waals surface area contributed by atoms with Gasteiger partial charge in [0.05, 0.1) is 24.0 Å². The topological polar surface area (TPSA) is 41.6 Å². The van der Waals surface area contributed by atoms with Crippen molar-refractivity contribution in [3.63, 3.8) is 0 Å². The number of benzene rings is 2. The van der Waals surface area contributed by atoms with Crippen molar-refractivity contribution >= 4 is 0 Å². The Balaban J connectivity index is 1.88. The number of nitrogens with zero attached hydrogens (tertiary/aromatic N) is 3. The first-order chi connectivity index (χ1) is 12.7. The van der Waals surface area contributed by atoms with E-state index in [0.29, 0.717) is 11.5 Å². The van der Waals surface area contributed by atoms with Crippen LogP contribution in [0, 0.1) is 17.1 Å².